The minimum absolute atomic E-state index is 0.465. The average Bonchev–Trinajstić information content (AvgIpc) is 3.14. The van der Waals surface area contributed by atoms with Gasteiger partial charge in [-0.25, -0.2) is 4.98 Å². The van der Waals surface area contributed by atoms with Crippen molar-refractivity contribution in [2.24, 2.45) is 5.41 Å². The zero-order chi connectivity index (χ0) is 14.0. The third-order valence-electron chi connectivity index (χ3n) is 4.59. The van der Waals surface area contributed by atoms with E-state index >= 15 is 0 Å². The van der Waals surface area contributed by atoms with Crippen LogP contribution in [-0.2, 0) is 0 Å². The maximum atomic E-state index is 4.59. The molecule has 0 saturated heterocycles. The average molecular weight is 290 g/mol. The molecule has 3 rings (SSSR count). The van der Waals surface area contributed by atoms with Gasteiger partial charge < -0.3 is 10.6 Å². The first-order chi connectivity index (χ1) is 9.76. The number of rotatable bonds is 5. The van der Waals surface area contributed by atoms with E-state index in [1.807, 2.05) is 7.05 Å². The van der Waals surface area contributed by atoms with Crippen LogP contribution in [0.25, 0.3) is 10.2 Å². The highest BCUT2D eigenvalue weighted by atomic mass is 32.1. The maximum absolute atomic E-state index is 4.59. The summed E-state index contributed by atoms with van der Waals surface area (Å²) >= 11 is 1.66. The van der Waals surface area contributed by atoms with E-state index in [9.17, 15) is 0 Å². The lowest BCUT2D eigenvalue weighted by Gasteiger charge is -2.28. The van der Waals surface area contributed by atoms with E-state index < -0.39 is 0 Å². The van der Waals surface area contributed by atoms with Crippen molar-refractivity contribution >= 4 is 33.3 Å². The summed E-state index contributed by atoms with van der Waals surface area (Å²) < 4.78 is 0. The molecule has 2 aromatic rings. The monoisotopic (exact) mass is 290 g/mol. The lowest BCUT2D eigenvalue weighted by Crippen LogP contribution is -2.26. The molecule has 0 bridgehead atoms. The minimum Gasteiger partial charge on any atom is -0.369 e. The topological polar surface area (TPSA) is 49.8 Å². The van der Waals surface area contributed by atoms with Crippen molar-refractivity contribution in [3.05, 3.63) is 11.4 Å². The van der Waals surface area contributed by atoms with Gasteiger partial charge >= 0.3 is 0 Å². The van der Waals surface area contributed by atoms with Gasteiger partial charge in [-0.1, -0.05) is 19.8 Å². The summed E-state index contributed by atoms with van der Waals surface area (Å²) in [7, 11) is 1.86. The summed E-state index contributed by atoms with van der Waals surface area (Å²) in [5.41, 5.74) is 0.465. The number of anilines is 2. The lowest BCUT2D eigenvalue weighted by molar-refractivity contribution is 0.306. The first-order valence-electron chi connectivity index (χ1n) is 7.43. The Morgan fingerprint density at radius 1 is 1.30 bits per heavy atom. The van der Waals surface area contributed by atoms with Gasteiger partial charge in [0.15, 0.2) is 0 Å². The van der Waals surface area contributed by atoms with E-state index in [1.54, 1.807) is 11.3 Å². The van der Waals surface area contributed by atoms with Gasteiger partial charge in [0.2, 0.25) is 5.95 Å². The Labute approximate surface area is 124 Å². The van der Waals surface area contributed by atoms with Crippen LogP contribution in [0.1, 0.15) is 39.0 Å². The molecule has 0 radical (unpaired) electrons. The van der Waals surface area contributed by atoms with E-state index in [2.05, 4.69) is 39.0 Å². The van der Waals surface area contributed by atoms with Gasteiger partial charge in [-0.3, -0.25) is 0 Å². The normalized spacial score (nSPS) is 17.5. The van der Waals surface area contributed by atoms with E-state index in [1.165, 1.54) is 32.1 Å². The van der Waals surface area contributed by atoms with Gasteiger partial charge in [0.25, 0.3) is 0 Å². The molecule has 4 nitrogen and oxygen atoms in total. The molecule has 1 aliphatic rings. The molecular formula is C15H22N4S. The lowest BCUT2D eigenvalue weighted by atomic mass is 9.83. The van der Waals surface area contributed by atoms with E-state index in [-0.39, 0.29) is 0 Å². The van der Waals surface area contributed by atoms with Crippen LogP contribution in [-0.4, -0.2) is 23.6 Å². The fourth-order valence-corrected chi connectivity index (χ4v) is 3.92. The van der Waals surface area contributed by atoms with E-state index in [0.29, 0.717) is 11.4 Å². The second kappa shape index (κ2) is 5.56. The van der Waals surface area contributed by atoms with Crippen molar-refractivity contribution in [2.75, 3.05) is 24.2 Å². The number of fused-ring (bicyclic) bond motifs is 1. The van der Waals surface area contributed by atoms with Crippen LogP contribution >= 0.6 is 11.3 Å². The number of hydrogen-bond donors (Lipinski definition) is 2. The van der Waals surface area contributed by atoms with Crippen molar-refractivity contribution < 1.29 is 0 Å². The quantitative estimate of drug-likeness (QED) is 0.870. The smallest absolute Gasteiger partial charge is 0.225 e. The highest BCUT2D eigenvalue weighted by Crippen LogP contribution is 2.41. The standard InChI is InChI=1S/C15H22N4S/c1-3-15(7-4-5-8-15)10-17-12-11-6-9-20-13(11)19-14(16-2)18-12/h6,9H,3-5,7-8,10H2,1-2H3,(H2,16,17,18,19). The van der Waals surface area contributed by atoms with Gasteiger partial charge in [-0.2, -0.15) is 4.98 Å². The third-order valence-corrected chi connectivity index (χ3v) is 5.40. The fraction of sp³-hybridized carbons (Fsp3) is 0.600. The van der Waals surface area contributed by atoms with Crippen LogP contribution in [0.2, 0.25) is 0 Å². The Kier molecular flexibility index (Phi) is 3.78. The van der Waals surface area contributed by atoms with Gasteiger partial charge in [0.1, 0.15) is 10.6 Å². The van der Waals surface area contributed by atoms with Crippen molar-refractivity contribution in [1.29, 1.82) is 0 Å². The summed E-state index contributed by atoms with van der Waals surface area (Å²) in [4.78, 5) is 10.1. The molecule has 0 amide bonds. The van der Waals surface area contributed by atoms with Crippen molar-refractivity contribution in [2.45, 2.75) is 39.0 Å². The summed E-state index contributed by atoms with van der Waals surface area (Å²) in [6.45, 7) is 3.33. The first-order valence-corrected chi connectivity index (χ1v) is 8.31. The Bertz CT molecular complexity index is 587. The summed E-state index contributed by atoms with van der Waals surface area (Å²) in [5, 5.41) is 9.86. The summed E-state index contributed by atoms with van der Waals surface area (Å²) in [5.74, 6) is 1.67. The Morgan fingerprint density at radius 3 is 2.80 bits per heavy atom. The molecule has 1 fully saturated rings. The molecule has 1 aliphatic carbocycles. The molecule has 2 aromatic heterocycles. The van der Waals surface area contributed by atoms with Crippen molar-refractivity contribution in [3.63, 3.8) is 0 Å². The molecule has 0 unspecified atom stereocenters. The second-order valence-corrected chi connectivity index (χ2v) is 6.59. The second-order valence-electron chi connectivity index (χ2n) is 5.70. The Morgan fingerprint density at radius 2 is 2.10 bits per heavy atom. The predicted octanol–water partition coefficient (Wildman–Crippen LogP) is 4.12. The molecule has 108 valence electrons. The van der Waals surface area contributed by atoms with Crippen molar-refractivity contribution in [1.82, 2.24) is 9.97 Å². The molecule has 0 atom stereocenters. The van der Waals surface area contributed by atoms with Crippen LogP contribution < -0.4 is 10.6 Å². The highest BCUT2D eigenvalue weighted by Gasteiger charge is 2.31. The number of nitrogens with zero attached hydrogens (tertiary/aromatic N) is 2. The minimum atomic E-state index is 0.465. The van der Waals surface area contributed by atoms with Gasteiger partial charge in [0.05, 0.1) is 5.39 Å². The van der Waals surface area contributed by atoms with Gasteiger partial charge in [0, 0.05) is 13.6 Å². The van der Waals surface area contributed by atoms with Crippen LogP contribution in [0.3, 0.4) is 0 Å². The number of nitrogens with one attached hydrogen (secondary N) is 2. The number of thiophene rings is 1. The molecule has 5 heteroatoms. The molecule has 0 aliphatic heterocycles. The Hall–Kier alpha value is -1.36. The van der Waals surface area contributed by atoms with E-state index in [0.717, 1.165) is 22.6 Å². The molecule has 20 heavy (non-hydrogen) atoms. The Balaban J connectivity index is 1.84. The largest absolute Gasteiger partial charge is 0.369 e. The molecule has 0 aromatic carbocycles. The fourth-order valence-electron chi connectivity index (χ4n) is 3.15. The van der Waals surface area contributed by atoms with Crippen LogP contribution in [0.15, 0.2) is 11.4 Å². The van der Waals surface area contributed by atoms with Crippen molar-refractivity contribution in [3.8, 4) is 0 Å². The van der Waals surface area contributed by atoms with E-state index in [4.69, 9.17) is 0 Å². The third kappa shape index (κ3) is 2.46. The summed E-state index contributed by atoms with van der Waals surface area (Å²) in [6, 6.07) is 2.11. The number of hydrogen-bond acceptors (Lipinski definition) is 5. The highest BCUT2D eigenvalue weighted by molar-refractivity contribution is 7.16. The zero-order valence-corrected chi connectivity index (χ0v) is 13.0. The van der Waals surface area contributed by atoms with Gasteiger partial charge in [-0.15, -0.1) is 11.3 Å². The molecule has 2 N–H and O–H groups in total. The van der Waals surface area contributed by atoms with Gasteiger partial charge in [-0.05, 0) is 36.1 Å². The summed E-state index contributed by atoms with van der Waals surface area (Å²) in [6.07, 6.45) is 6.67. The SMILES string of the molecule is CCC1(CNc2nc(NC)nc3sccc23)CCCC1. The van der Waals surface area contributed by atoms with Crippen LogP contribution in [0.5, 0.6) is 0 Å². The maximum Gasteiger partial charge on any atom is 0.225 e. The molecule has 0 spiro atoms. The molecule has 2 heterocycles. The molecular weight excluding hydrogens is 268 g/mol. The predicted molar refractivity (Wildman–Crippen MR) is 86.6 cm³/mol. The number of aromatic nitrogens is 2. The zero-order valence-electron chi connectivity index (χ0n) is 12.2. The van der Waals surface area contributed by atoms with Crippen LogP contribution in [0, 0.1) is 5.41 Å². The first kappa shape index (κ1) is 13.6. The molecule has 1 saturated carbocycles. The van der Waals surface area contributed by atoms with Crippen LogP contribution in [0.4, 0.5) is 11.8 Å².